The molecule has 2 aromatic rings. The first-order valence-corrected chi connectivity index (χ1v) is 7.14. The molecule has 17 heavy (non-hydrogen) atoms. The summed E-state index contributed by atoms with van der Waals surface area (Å²) >= 11 is 9.54. The Morgan fingerprint density at radius 1 is 1.53 bits per heavy atom. The Morgan fingerprint density at radius 2 is 2.35 bits per heavy atom. The first-order valence-electron chi connectivity index (χ1n) is 4.86. The summed E-state index contributed by atoms with van der Waals surface area (Å²) in [7, 11) is 1.66. The molecule has 1 heterocycles. The lowest BCUT2D eigenvalue weighted by Crippen LogP contribution is -1.99. The highest BCUT2D eigenvalue weighted by Gasteiger charge is 2.03. The predicted molar refractivity (Wildman–Crippen MR) is 80.2 cm³/mol. The zero-order valence-electron chi connectivity index (χ0n) is 9.04. The van der Waals surface area contributed by atoms with Crippen LogP contribution in [-0.2, 0) is 6.54 Å². The fourth-order valence-corrected chi connectivity index (χ4v) is 2.91. The number of halogens is 2. The van der Waals surface area contributed by atoms with E-state index in [4.69, 9.17) is 16.3 Å². The van der Waals surface area contributed by atoms with Crippen molar-refractivity contribution >= 4 is 51.2 Å². The summed E-state index contributed by atoms with van der Waals surface area (Å²) in [5.74, 6) is 0.862. The van der Waals surface area contributed by atoms with Crippen molar-refractivity contribution in [3.63, 3.8) is 0 Å². The van der Waals surface area contributed by atoms with E-state index < -0.39 is 0 Å². The van der Waals surface area contributed by atoms with Crippen LogP contribution in [0.4, 0.5) is 5.69 Å². The van der Waals surface area contributed by atoms with Crippen molar-refractivity contribution in [2.24, 2.45) is 0 Å². The Morgan fingerprint density at radius 3 is 2.94 bits per heavy atom. The van der Waals surface area contributed by atoms with E-state index in [1.807, 2.05) is 18.2 Å². The SMILES string of the molecule is COc1ccc(NCc2cnc(Cl)s2)c(I)c1. The van der Waals surface area contributed by atoms with Gasteiger partial charge in [-0.2, -0.15) is 0 Å². The van der Waals surface area contributed by atoms with Crippen LogP contribution in [0.2, 0.25) is 4.47 Å². The molecule has 0 bridgehead atoms. The second-order valence-corrected chi connectivity index (χ2v) is 6.14. The van der Waals surface area contributed by atoms with Gasteiger partial charge in [0.15, 0.2) is 4.47 Å². The van der Waals surface area contributed by atoms with Crippen molar-refractivity contribution in [2.45, 2.75) is 6.54 Å². The number of rotatable bonds is 4. The minimum Gasteiger partial charge on any atom is -0.497 e. The highest BCUT2D eigenvalue weighted by Crippen LogP contribution is 2.25. The van der Waals surface area contributed by atoms with Crippen molar-refractivity contribution < 1.29 is 4.74 Å². The molecule has 0 fully saturated rings. The summed E-state index contributed by atoms with van der Waals surface area (Å²) in [5, 5.41) is 3.34. The van der Waals surface area contributed by atoms with Crippen LogP contribution in [0.5, 0.6) is 5.75 Å². The molecule has 0 saturated heterocycles. The van der Waals surface area contributed by atoms with Crippen LogP contribution in [-0.4, -0.2) is 12.1 Å². The van der Waals surface area contributed by atoms with Crippen LogP contribution >= 0.6 is 45.5 Å². The third-order valence-electron chi connectivity index (χ3n) is 2.15. The van der Waals surface area contributed by atoms with E-state index in [0.717, 1.165) is 26.4 Å². The first-order chi connectivity index (χ1) is 8.19. The Kier molecular flexibility index (Phi) is 4.47. The number of nitrogens with zero attached hydrogens (tertiary/aromatic N) is 1. The molecule has 0 radical (unpaired) electrons. The van der Waals surface area contributed by atoms with Crippen LogP contribution in [0.1, 0.15) is 4.88 Å². The normalized spacial score (nSPS) is 10.3. The van der Waals surface area contributed by atoms with Crippen molar-refractivity contribution in [2.75, 3.05) is 12.4 Å². The molecule has 1 aromatic heterocycles. The molecule has 90 valence electrons. The Balaban J connectivity index is 2.04. The lowest BCUT2D eigenvalue weighted by Gasteiger charge is -2.08. The number of hydrogen-bond donors (Lipinski definition) is 1. The maximum absolute atomic E-state index is 5.77. The topological polar surface area (TPSA) is 34.1 Å². The molecule has 1 aromatic carbocycles. The van der Waals surface area contributed by atoms with Gasteiger partial charge in [-0.05, 0) is 40.8 Å². The van der Waals surface area contributed by atoms with Crippen molar-refractivity contribution in [1.82, 2.24) is 4.98 Å². The molecule has 0 aliphatic rings. The number of aromatic nitrogens is 1. The summed E-state index contributed by atoms with van der Waals surface area (Å²) in [6, 6.07) is 5.93. The van der Waals surface area contributed by atoms with Gasteiger partial charge >= 0.3 is 0 Å². The van der Waals surface area contributed by atoms with Crippen molar-refractivity contribution in [3.8, 4) is 5.75 Å². The van der Waals surface area contributed by atoms with Crippen LogP contribution in [0.15, 0.2) is 24.4 Å². The van der Waals surface area contributed by atoms with E-state index in [1.54, 1.807) is 13.3 Å². The van der Waals surface area contributed by atoms with Gasteiger partial charge < -0.3 is 10.1 Å². The maximum Gasteiger partial charge on any atom is 0.183 e. The quantitative estimate of drug-likeness (QED) is 0.814. The molecule has 6 heteroatoms. The molecule has 1 N–H and O–H groups in total. The van der Waals surface area contributed by atoms with E-state index in [9.17, 15) is 0 Å². The van der Waals surface area contributed by atoms with Gasteiger partial charge in [0, 0.05) is 20.3 Å². The standard InChI is InChI=1S/C11H10ClIN2OS/c1-16-7-2-3-10(9(13)4-7)14-5-8-6-15-11(12)17-8/h2-4,6,14H,5H2,1H3. The number of ether oxygens (including phenoxy) is 1. The summed E-state index contributed by atoms with van der Waals surface area (Å²) in [6.07, 6.45) is 1.79. The minimum absolute atomic E-state index is 0.575. The molecule has 0 atom stereocenters. The number of thiazole rings is 1. The number of benzene rings is 1. The van der Waals surface area contributed by atoms with E-state index in [1.165, 1.54) is 11.3 Å². The fourth-order valence-electron chi connectivity index (χ4n) is 1.31. The van der Waals surface area contributed by atoms with Gasteiger partial charge in [-0.25, -0.2) is 4.98 Å². The van der Waals surface area contributed by atoms with Crippen LogP contribution in [0.25, 0.3) is 0 Å². The van der Waals surface area contributed by atoms with Gasteiger partial charge in [0.2, 0.25) is 0 Å². The number of nitrogens with one attached hydrogen (secondary N) is 1. The van der Waals surface area contributed by atoms with E-state index in [0.29, 0.717) is 4.47 Å². The average Bonchev–Trinajstić information content (AvgIpc) is 2.73. The molecule has 0 unspecified atom stereocenters. The third kappa shape index (κ3) is 3.46. The second-order valence-electron chi connectivity index (χ2n) is 3.28. The first kappa shape index (κ1) is 12.9. The smallest absolute Gasteiger partial charge is 0.183 e. The highest BCUT2D eigenvalue weighted by atomic mass is 127. The second kappa shape index (κ2) is 5.88. The van der Waals surface area contributed by atoms with E-state index in [-0.39, 0.29) is 0 Å². The van der Waals surface area contributed by atoms with Crippen LogP contribution in [0.3, 0.4) is 0 Å². The molecule has 0 spiro atoms. The average molecular weight is 381 g/mol. The van der Waals surface area contributed by atoms with Gasteiger partial charge in [-0.1, -0.05) is 11.6 Å². The molecule has 3 nitrogen and oxygen atoms in total. The Bertz CT molecular complexity index is 518. The minimum atomic E-state index is 0.575. The molecule has 0 saturated carbocycles. The zero-order chi connectivity index (χ0) is 12.3. The molecule has 0 amide bonds. The predicted octanol–water partition coefficient (Wildman–Crippen LogP) is 4.02. The third-order valence-corrected chi connectivity index (χ3v) is 4.16. The lowest BCUT2D eigenvalue weighted by atomic mass is 10.3. The molecular formula is C11H10ClIN2OS. The zero-order valence-corrected chi connectivity index (χ0v) is 12.8. The van der Waals surface area contributed by atoms with Gasteiger partial charge in [0.1, 0.15) is 5.75 Å². The van der Waals surface area contributed by atoms with Gasteiger partial charge in [0.25, 0.3) is 0 Å². The summed E-state index contributed by atoms with van der Waals surface area (Å²) < 4.78 is 6.86. The van der Waals surface area contributed by atoms with E-state index in [2.05, 4.69) is 32.9 Å². The van der Waals surface area contributed by atoms with Gasteiger partial charge in [-0.15, -0.1) is 11.3 Å². The monoisotopic (exact) mass is 380 g/mol. The van der Waals surface area contributed by atoms with Crippen LogP contribution in [0, 0.1) is 3.57 Å². The summed E-state index contributed by atoms with van der Waals surface area (Å²) in [5.41, 5.74) is 1.08. The van der Waals surface area contributed by atoms with Crippen molar-refractivity contribution in [3.05, 3.63) is 37.3 Å². The molecule has 0 aliphatic carbocycles. The molecular weight excluding hydrogens is 371 g/mol. The largest absolute Gasteiger partial charge is 0.497 e. The van der Waals surface area contributed by atoms with E-state index >= 15 is 0 Å². The van der Waals surface area contributed by atoms with Crippen LogP contribution < -0.4 is 10.1 Å². The van der Waals surface area contributed by atoms with Gasteiger partial charge in [-0.3, -0.25) is 0 Å². The Labute approximate surface area is 122 Å². The lowest BCUT2D eigenvalue weighted by molar-refractivity contribution is 0.414. The highest BCUT2D eigenvalue weighted by molar-refractivity contribution is 14.1. The van der Waals surface area contributed by atoms with Crippen molar-refractivity contribution in [1.29, 1.82) is 0 Å². The number of hydrogen-bond acceptors (Lipinski definition) is 4. The number of methoxy groups -OCH3 is 1. The summed E-state index contributed by atoms with van der Waals surface area (Å²) in [6.45, 7) is 0.729. The molecule has 0 aliphatic heterocycles. The Hall–Kier alpha value is -0.530. The fraction of sp³-hybridized carbons (Fsp3) is 0.182. The molecule has 2 rings (SSSR count). The summed E-state index contributed by atoms with van der Waals surface area (Å²) in [4.78, 5) is 5.11. The van der Waals surface area contributed by atoms with Gasteiger partial charge in [0.05, 0.1) is 13.7 Å². The number of anilines is 1. The maximum atomic E-state index is 5.77.